The van der Waals surface area contributed by atoms with E-state index in [1.54, 1.807) is 17.6 Å². The van der Waals surface area contributed by atoms with Crippen molar-refractivity contribution in [3.63, 3.8) is 0 Å². The molecule has 2 heterocycles. The Balaban J connectivity index is 1.98. The third kappa shape index (κ3) is 3.78. The number of para-hydroxylation sites is 1. The zero-order chi connectivity index (χ0) is 19.6. The number of fused-ring (bicyclic) bond motifs is 1. The van der Waals surface area contributed by atoms with Gasteiger partial charge in [-0.05, 0) is 44.2 Å². The van der Waals surface area contributed by atoms with Gasteiger partial charge in [0, 0.05) is 28.7 Å². The minimum Gasteiger partial charge on any atom is -0.465 e. The topological polar surface area (TPSA) is 68.6 Å². The lowest BCUT2D eigenvalue weighted by molar-refractivity contribution is -0.143. The SMILES string of the molecule is CCOC(=O)Cn1cc(/C=C2/SC(=O)N([C@H](C)CC)C2=O)c2ccccc21. The first-order valence-electron chi connectivity index (χ1n) is 8.96. The molecule has 142 valence electrons. The van der Waals surface area contributed by atoms with Crippen molar-refractivity contribution < 1.29 is 19.1 Å². The van der Waals surface area contributed by atoms with Crippen molar-refractivity contribution in [1.82, 2.24) is 9.47 Å². The zero-order valence-electron chi connectivity index (χ0n) is 15.6. The van der Waals surface area contributed by atoms with Crippen LogP contribution in [0.15, 0.2) is 35.4 Å². The van der Waals surface area contributed by atoms with Crippen molar-refractivity contribution in [2.75, 3.05) is 6.61 Å². The number of hydrogen-bond donors (Lipinski definition) is 0. The highest BCUT2D eigenvalue weighted by molar-refractivity contribution is 8.18. The first-order chi connectivity index (χ1) is 13.0. The molecule has 1 aliphatic heterocycles. The molecule has 1 saturated heterocycles. The lowest BCUT2D eigenvalue weighted by atomic mass is 10.1. The highest BCUT2D eigenvalue weighted by atomic mass is 32.2. The van der Waals surface area contributed by atoms with E-state index in [1.807, 2.05) is 44.3 Å². The highest BCUT2D eigenvalue weighted by Gasteiger charge is 2.37. The molecule has 0 radical (unpaired) electrons. The van der Waals surface area contributed by atoms with Crippen LogP contribution in [0.3, 0.4) is 0 Å². The molecule has 0 N–H and O–H groups in total. The second kappa shape index (κ2) is 8.00. The smallest absolute Gasteiger partial charge is 0.325 e. The van der Waals surface area contributed by atoms with Crippen molar-refractivity contribution in [3.05, 3.63) is 40.9 Å². The summed E-state index contributed by atoms with van der Waals surface area (Å²) >= 11 is 0.958. The second-order valence-corrected chi connectivity index (χ2v) is 7.34. The first-order valence-corrected chi connectivity index (χ1v) is 9.78. The molecular formula is C20H22N2O4S. The quantitative estimate of drug-likeness (QED) is 0.554. The Bertz CT molecular complexity index is 931. The van der Waals surface area contributed by atoms with Crippen molar-refractivity contribution in [2.45, 2.75) is 39.8 Å². The van der Waals surface area contributed by atoms with E-state index in [0.29, 0.717) is 17.9 Å². The number of aromatic nitrogens is 1. The summed E-state index contributed by atoms with van der Waals surface area (Å²) in [5.74, 6) is -0.580. The minimum absolute atomic E-state index is 0.0938. The summed E-state index contributed by atoms with van der Waals surface area (Å²) in [6, 6.07) is 7.51. The Labute approximate surface area is 162 Å². The number of amides is 2. The summed E-state index contributed by atoms with van der Waals surface area (Å²) in [7, 11) is 0. The summed E-state index contributed by atoms with van der Waals surface area (Å²) in [6.45, 7) is 6.00. The number of benzene rings is 1. The Morgan fingerprint density at radius 2 is 2.00 bits per heavy atom. The molecule has 0 aliphatic carbocycles. The fourth-order valence-corrected chi connectivity index (χ4v) is 3.97. The molecule has 7 heteroatoms. The maximum atomic E-state index is 12.7. The molecule has 0 spiro atoms. The third-order valence-electron chi connectivity index (χ3n) is 4.57. The number of rotatable bonds is 6. The van der Waals surface area contributed by atoms with Gasteiger partial charge in [0.25, 0.3) is 11.1 Å². The van der Waals surface area contributed by atoms with Gasteiger partial charge in [-0.2, -0.15) is 0 Å². The van der Waals surface area contributed by atoms with E-state index < -0.39 is 0 Å². The van der Waals surface area contributed by atoms with Crippen LogP contribution >= 0.6 is 11.8 Å². The molecule has 27 heavy (non-hydrogen) atoms. The van der Waals surface area contributed by atoms with Crippen molar-refractivity contribution in [3.8, 4) is 0 Å². The maximum absolute atomic E-state index is 12.7. The summed E-state index contributed by atoms with van der Waals surface area (Å²) in [5, 5.41) is 0.674. The maximum Gasteiger partial charge on any atom is 0.325 e. The standard InChI is InChI=1S/C20H22N2O4S/c1-4-13(3)22-19(24)17(27-20(22)25)10-14-11-21(12-18(23)26-5-2)16-9-7-6-8-15(14)16/h6-11,13H,4-5,12H2,1-3H3/b17-10+/t13-/m1/s1. The van der Waals surface area contributed by atoms with Crippen LogP contribution in [0.4, 0.5) is 4.79 Å². The van der Waals surface area contributed by atoms with E-state index >= 15 is 0 Å². The van der Waals surface area contributed by atoms with E-state index in [1.165, 1.54) is 4.90 Å². The molecular weight excluding hydrogens is 364 g/mol. The van der Waals surface area contributed by atoms with Crippen molar-refractivity contribution in [2.24, 2.45) is 0 Å². The van der Waals surface area contributed by atoms with Gasteiger partial charge in [0.1, 0.15) is 6.54 Å². The largest absolute Gasteiger partial charge is 0.465 e. The number of carbonyl (C=O) groups is 3. The van der Waals surface area contributed by atoms with Gasteiger partial charge in [-0.1, -0.05) is 25.1 Å². The van der Waals surface area contributed by atoms with Crippen LogP contribution in [-0.2, 0) is 20.9 Å². The fourth-order valence-electron chi connectivity index (χ4n) is 3.05. The van der Waals surface area contributed by atoms with Gasteiger partial charge < -0.3 is 9.30 Å². The summed E-state index contributed by atoms with van der Waals surface area (Å²) in [4.78, 5) is 38.5. The fraction of sp³-hybridized carbons (Fsp3) is 0.350. The summed E-state index contributed by atoms with van der Waals surface area (Å²) in [6.07, 6.45) is 4.26. The molecule has 1 fully saturated rings. The predicted octanol–water partition coefficient (Wildman–Crippen LogP) is 4.04. The average molecular weight is 386 g/mol. The van der Waals surface area contributed by atoms with Gasteiger partial charge in [0.15, 0.2) is 0 Å². The van der Waals surface area contributed by atoms with Crippen LogP contribution in [0.5, 0.6) is 0 Å². The molecule has 2 amide bonds. The van der Waals surface area contributed by atoms with Crippen molar-refractivity contribution in [1.29, 1.82) is 0 Å². The van der Waals surface area contributed by atoms with E-state index in [9.17, 15) is 14.4 Å². The summed E-state index contributed by atoms with van der Waals surface area (Å²) < 4.78 is 6.84. The molecule has 1 atom stereocenters. The number of esters is 1. The van der Waals surface area contributed by atoms with Crippen LogP contribution < -0.4 is 0 Å². The average Bonchev–Trinajstić information content (AvgIpc) is 3.12. The first kappa shape index (κ1) is 19.2. The Morgan fingerprint density at radius 3 is 2.70 bits per heavy atom. The molecule has 0 bridgehead atoms. The van der Waals surface area contributed by atoms with Gasteiger partial charge in [-0.15, -0.1) is 0 Å². The molecule has 0 saturated carbocycles. The molecule has 1 aliphatic rings. The predicted molar refractivity (Wildman–Crippen MR) is 106 cm³/mol. The summed E-state index contributed by atoms with van der Waals surface area (Å²) in [5.41, 5.74) is 1.67. The van der Waals surface area contributed by atoms with Crippen LogP contribution in [0, 0.1) is 0 Å². The van der Waals surface area contributed by atoms with Gasteiger partial charge in [0.05, 0.1) is 11.5 Å². The Kier molecular flexibility index (Phi) is 5.70. The normalized spacial score (nSPS) is 17.1. The molecule has 1 aromatic heterocycles. The van der Waals surface area contributed by atoms with Crippen LogP contribution in [0.1, 0.15) is 32.8 Å². The minimum atomic E-state index is -0.318. The van der Waals surface area contributed by atoms with E-state index in [4.69, 9.17) is 4.74 Å². The Hall–Kier alpha value is -2.54. The number of ether oxygens (including phenoxy) is 1. The second-order valence-electron chi connectivity index (χ2n) is 6.34. The van der Waals surface area contributed by atoms with E-state index in [2.05, 4.69) is 0 Å². The third-order valence-corrected chi connectivity index (χ3v) is 5.45. The van der Waals surface area contributed by atoms with Crippen LogP contribution in [-0.4, -0.2) is 39.2 Å². The van der Waals surface area contributed by atoms with Gasteiger partial charge in [-0.3, -0.25) is 19.3 Å². The zero-order valence-corrected chi connectivity index (χ0v) is 16.4. The number of nitrogens with zero attached hydrogens (tertiary/aromatic N) is 2. The monoisotopic (exact) mass is 386 g/mol. The molecule has 2 aromatic rings. The molecule has 1 aromatic carbocycles. The number of hydrogen-bond acceptors (Lipinski definition) is 5. The van der Waals surface area contributed by atoms with E-state index in [-0.39, 0.29) is 29.7 Å². The highest BCUT2D eigenvalue weighted by Crippen LogP contribution is 2.35. The lowest BCUT2D eigenvalue weighted by Gasteiger charge is -2.19. The van der Waals surface area contributed by atoms with Crippen molar-refractivity contribution >= 4 is 45.9 Å². The number of thioether (sulfide) groups is 1. The van der Waals surface area contributed by atoms with Gasteiger partial charge in [-0.25, -0.2) is 0 Å². The lowest BCUT2D eigenvalue weighted by Crippen LogP contribution is -2.36. The Morgan fingerprint density at radius 1 is 1.26 bits per heavy atom. The molecule has 6 nitrogen and oxygen atoms in total. The van der Waals surface area contributed by atoms with E-state index in [0.717, 1.165) is 28.2 Å². The number of carbonyl (C=O) groups excluding carboxylic acids is 3. The molecule has 3 rings (SSSR count). The molecule has 0 unspecified atom stereocenters. The van der Waals surface area contributed by atoms with Gasteiger partial charge >= 0.3 is 5.97 Å². The number of imide groups is 1. The van der Waals surface area contributed by atoms with Gasteiger partial charge in [0.2, 0.25) is 0 Å². The van der Waals surface area contributed by atoms with Crippen LogP contribution in [0.25, 0.3) is 17.0 Å². The van der Waals surface area contributed by atoms with Crippen LogP contribution in [0.2, 0.25) is 0 Å².